The van der Waals surface area contributed by atoms with Gasteiger partial charge in [-0.1, -0.05) is 0 Å². The number of ether oxygens (including phenoxy) is 1. The van der Waals surface area contributed by atoms with Gasteiger partial charge in [0.25, 0.3) is 0 Å². The molecule has 1 rings (SSSR count). The van der Waals surface area contributed by atoms with Crippen molar-refractivity contribution in [3.63, 3.8) is 0 Å². The molecule has 0 amide bonds. The van der Waals surface area contributed by atoms with E-state index in [1.807, 2.05) is 13.8 Å². The minimum atomic E-state index is -0.283. The number of rotatable bonds is 2. The van der Waals surface area contributed by atoms with E-state index in [4.69, 9.17) is 10.5 Å². The average molecular weight is 200 g/mol. The fourth-order valence-electron chi connectivity index (χ4n) is 1.53. The molecule has 0 radical (unpaired) electrons. The summed E-state index contributed by atoms with van der Waals surface area (Å²) in [5.41, 5.74) is 5.55. The van der Waals surface area contributed by atoms with E-state index in [0.717, 1.165) is 0 Å². The Morgan fingerprint density at radius 3 is 2.64 bits per heavy atom. The lowest BCUT2D eigenvalue weighted by atomic mass is 9.98. The number of esters is 1. The molecule has 0 atom stereocenters. The fraction of sp³-hybridized carbons (Fsp3) is 0.900. The molecule has 1 fully saturated rings. The van der Waals surface area contributed by atoms with Crippen molar-refractivity contribution in [2.75, 3.05) is 19.7 Å². The third-order valence-electron chi connectivity index (χ3n) is 2.36. The summed E-state index contributed by atoms with van der Waals surface area (Å²) in [6.45, 7) is 9.53. The van der Waals surface area contributed by atoms with Crippen molar-refractivity contribution in [3.8, 4) is 0 Å². The highest BCUT2D eigenvalue weighted by atomic mass is 16.5. The third-order valence-corrected chi connectivity index (χ3v) is 2.36. The first-order valence-electron chi connectivity index (χ1n) is 4.90. The number of morpholine rings is 1. The van der Waals surface area contributed by atoms with Crippen LogP contribution in [0.2, 0.25) is 0 Å². The van der Waals surface area contributed by atoms with Gasteiger partial charge in [-0.2, -0.15) is 0 Å². The zero-order valence-corrected chi connectivity index (χ0v) is 9.46. The van der Waals surface area contributed by atoms with E-state index in [1.165, 1.54) is 0 Å². The first kappa shape index (κ1) is 11.5. The van der Waals surface area contributed by atoms with Crippen LogP contribution in [0.15, 0.2) is 0 Å². The number of hydrogen-bond donors (Lipinski definition) is 1. The monoisotopic (exact) mass is 200 g/mol. The second kappa shape index (κ2) is 3.51. The predicted octanol–water partition coefficient (Wildman–Crippen LogP) is 0.361. The topological polar surface area (TPSA) is 55.6 Å². The molecule has 2 N–H and O–H groups in total. The summed E-state index contributed by atoms with van der Waals surface area (Å²) in [6.07, 6.45) is 0. The lowest BCUT2D eigenvalue weighted by Crippen LogP contribution is -2.59. The maximum absolute atomic E-state index is 11.1. The standard InChI is InChI=1S/C10H20N2O2/c1-9(2,11)6-12-5-8(13)14-7-10(12,3)4/h5-7,11H2,1-4H3. The van der Waals surface area contributed by atoms with Gasteiger partial charge in [0.05, 0.1) is 12.1 Å². The Hall–Kier alpha value is -0.610. The Bertz CT molecular complexity index is 231. The van der Waals surface area contributed by atoms with Crippen molar-refractivity contribution < 1.29 is 9.53 Å². The molecule has 0 spiro atoms. The zero-order chi connectivity index (χ0) is 11.0. The van der Waals surface area contributed by atoms with E-state index in [0.29, 0.717) is 19.7 Å². The molecule has 0 aromatic heterocycles. The van der Waals surface area contributed by atoms with Crippen molar-refractivity contribution in [2.24, 2.45) is 5.73 Å². The van der Waals surface area contributed by atoms with Gasteiger partial charge in [0, 0.05) is 12.1 Å². The summed E-state index contributed by atoms with van der Waals surface area (Å²) in [5.74, 6) is -0.159. The van der Waals surface area contributed by atoms with Gasteiger partial charge in [-0.15, -0.1) is 0 Å². The lowest BCUT2D eigenvalue weighted by Gasteiger charge is -2.43. The molecule has 1 saturated heterocycles. The Balaban J connectivity index is 2.68. The van der Waals surface area contributed by atoms with E-state index in [-0.39, 0.29) is 17.0 Å². The van der Waals surface area contributed by atoms with Crippen molar-refractivity contribution in [1.82, 2.24) is 4.90 Å². The molecule has 14 heavy (non-hydrogen) atoms. The number of hydrogen-bond acceptors (Lipinski definition) is 4. The van der Waals surface area contributed by atoms with E-state index >= 15 is 0 Å². The van der Waals surface area contributed by atoms with Gasteiger partial charge >= 0.3 is 5.97 Å². The molecule has 0 unspecified atom stereocenters. The molecule has 1 aliphatic rings. The van der Waals surface area contributed by atoms with Crippen LogP contribution in [0.1, 0.15) is 27.7 Å². The van der Waals surface area contributed by atoms with Gasteiger partial charge in [0.1, 0.15) is 6.61 Å². The molecule has 4 nitrogen and oxygen atoms in total. The molecular weight excluding hydrogens is 180 g/mol. The first-order chi connectivity index (χ1) is 6.21. The third kappa shape index (κ3) is 2.96. The van der Waals surface area contributed by atoms with Crippen LogP contribution in [0.3, 0.4) is 0 Å². The summed E-state index contributed by atoms with van der Waals surface area (Å²) in [4.78, 5) is 13.2. The molecule has 1 aliphatic heterocycles. The maximum Gasteiger partial charge on any atom is 0.320 e. The summed E-state index contributed by atoms with van der Waals surface area (Å²) < 4.78 is 5.02. The average Bonchev–Trinajstić information content (AvgIpc) is 1.95. The number of carbonyl (C=O) groups is 1. The van der Waals surface area contributed by atoms with Crippen LogP contribution in [-0.2, 0) is 9.53 Å². The summed E-state index contributed by atoms with van der Waals surface area (Å²) in [6, 6.07) is 0. The molecule has 0 bridgehead atoms. The second-order valence-corrected chi connectivity index (χ2v) is 5.32. The highest BCUT2D eigenvalue weighted by Crippen LogP contribution is 2.21. The number of carbonyl (C=O) groups excluding carboxylic acids is 1. The molecule has 0 aliphatic carbocycles. The van der Waals surface area contributed by atoms with Gasteiger partial charge in [-0.3, -0.25) is 9.69 Å². The van der Waals surface area contributed by atoms with Crippen LogP contribution in [0.25, 0.3) is 0 Å². The van der Waals surface area contributed by atoms with Gasteiger partial charge in [-0.25, -0.2) is 0 Å². The Morgan fingerprint density at radius 1 is 1.57 bits per heavy atom. The summed E-state index contributed by atoms with van der Waals surface area (Å²) in [7, 11) is 0. The van der Waals surface area contributed by atoms with Crippen LogP contribution >= 0.6 is 0 Å². The smallest absolute Gasteiger partial charge is 0.320 e. The van der Waals surface area contributed by atoms with E-state index < -0.39 is 0 Å². The number of cyclic esters (lactones) is 1. The Morgan fingerprint density at radius 2 is 2.14 bits per heavy atom. The van der Waals surface area contributed by atoms with Crippen LogP contribution in [0, 0.1) is 0 Å². The molecule has 0 aromatic rings. The van der Waals surface area contributed by atoms with Gasteiger partial charge in [0.15, 0.2) is 0 Å². The molecule has 1 heterocycles. The molecular formula is C10H20N2O2. The highest BCUT2D eigenvalue weighted by Gasteiger charge is 2.36. The predicted molar refractivity (Wildman–Crippen MR) is 54.9 cm³/mol. The Labute approximate surface area is 85.4 Å². The van der Waals surface area contributed by atoms with Crippen molar-refractivity contribution >= 4 is 5.97 Å². The minimum Gasteiger partial charge on any atom is -0.463 e. The fourth-order valence-corrected chi connectivity index (χ4v) is 1.53. The van der Waals surface area contributed by atoms with E-state index in [1.54, 1.807) is 0 Å². The lowest BCUT2D eigenvalue weighted by molar-refractivity contribution is -0.160. The first-order valence-corrected chi connectivity index (χ1v) is 4.90. The number of nitrogens with zero attached hydrogens (tertiary/aromatic N) is 1. The Kier molecular flexibility index (Phi) is 2.88. The second-order valence-electron chi connectivity index (χ2n) is 5.32. The molecule has 0 saturated carbocycles. The minimum absolute atomic E-state index is 0.107. The highest BCUT2D eigenvalue weighted by molar-refractivity contribution is 5.72. The number of nitrogens with two attached hydrogens (primary N) is 1. The van der Waals surface area contributed by atoms with Gasteiger partial charge < -0.3 is 10.5 Å². The maximum atomic E-state index is 11.1. The van der Waals surface area contributed by atoms with Gasteiger partial charge in [0.2, 0.25) is 0 Å². The quantitative estimate of drug-likeness (QED) is 0.654. The van der Waals surface area contributed by atoms with Crippen molar-refractivity contribution in [1.29, 1.82) is 0 Å². The SMILES string of the molecule is CC(C)(N)CN1CC(=O)OCC1(C)C. The van der Waals surface area contributed by atoms with Crippen LogP contribution < -0.4 is 5.73 Å². The summed E-state index contributed by atoms with van der Waals surface area (Å²) >= 11 is 0. The summed E-state index contributed by atoms with van der Waals surface area (Å²) in [5, 5.41) is 0. The zero-order valence-electron chi connectivity index (χ0n) is 9.46. The largest absolute Gasteiger partial charge is 0.463 e. The van der Waals surface area contributed by atoms with Crippen LogP contribution in [-0.4, -0.2) is 41.6 Å². The van der Waals surface area contributed by atoms with E-state index in [2.05, 4.69) is 18.7 Å². The van der Waals surface area contributed by atoms with Crippen LogP contribution in [0.4, 0.5) is 0 Å². The van der Waals surface area contributed by atoms with Crippen LogP contribution in [0.5, 0.6) is 0 Å². The normalized spacial score (nSPS) is 23.4. The van der Waals surface area contributed by atoms with Crippen molar-refractivity contribution in [2.45, 2.75) is 38.8 Å². The molecule has 82 valence electrons. The molecule has 4 heteroatoms. The van der Waals surface area contributed by atoms with Gasteiger partial charge in [-0.05, 0) is 27.7 Å². The van der Waals surface area contributed by atoms with E-state index in [9.17, 15) is 4.79 Å². The molecule has 0 aromatic carbocycles. The van der Waals surface area contributed by atoms with Crippen molar-refractivity contribution in [3.05, 3.63) is 0 Å².